The van der Waals surface area contributed by atoms with Crippen molar-refractivity contribution in [1.82, 2.24) is 35.1 Å². The van der Waals surface area contributed by atoms with Crippen molar-refractivity contribution in [3.63, 3.8) is 0 Å². The Balaban J connectivity index is 1.38. The first-order valence-corrected chi connectivity index (χ1v) is 14.0. The smallest absolute Gasteiger partial charge is 0.253 e. The van der Waals surface area contributed by atoms with Gasteiger partial charge in [-0.2, -0.15) is 0 Å². The van der Waals surface area contributed by atoms with E-state index in [1.165, 1.54) is 4.70 Å². The summed E-state index contributed by atoms with van der Waals surface area (Å²) in [5.74, 6) is 1.37. The highest BCUT2D eigenvalue weighted by atomic mass is 32.1. The maximum atomic E-state index is 13.6. The number of anilines is 1. The first kappa shape index (κ1) is 25.4. The molecule has 2 aromatic carbocycles. The summed E-state index contributed by atoms with van der Waals surface area (Å²) in [4.78, 5) is 26.2. The average molecular weight is 545 g/mol. The fourth-order valence-corrected chi connectivity index (χ4v) is 6.16. The lowest BCUT2D eigenvalue weighted by Crippen LogP contribution is -2.49. The van der Waals surface area contributed by atoms with Gasteiger partial charge in [0.15, 0.2) is 11.0 Å². The third kappa shape index (κ3) is 4.65. The van der Waals surface area contributed by atoms with Gasteiger partial charge in [-0.1, -0.05) is 30.4 Å². The van der Waals surface area contributed by atoms with E-state index in [-0.39, 0.29) is 11.1 Å². The Morgan fingerprint density at radius 3 is 2.64 bits per heavy atom. The van der Waals surface area contributed by atoms with Gasteiger partial charge in [-0.25, -0.2) is 9.67 Å². The Kier molecular flexibility index (Phi) is 6.56. The van der Waals surface area contributed by atoms with E-state index in [0.29, 0.717) is 17.1 Å². The number of tetrazole rings is 1. The first-order chi connectivity index (χ1) is 18.9. The number of ether oxygens (including phenoxy) is 1. The second-order valence-electron chi connectivity index (χ2n) is 10.5. The number of hydrogen-bond donors (Lipinski definition) is 1. The quantitative estimate of drug-likeness (QED) is 0.325. The number of piperazine rings is 1. The topological polar surface area (TPSA) is 105 Å². The molecule has 0 spiro atoms. The number of aromatic amines is 1. The summed E-state index contributed by atoms with van der Waals surface area (Å²) in [6, 6.07) is 15.5. The number of rotatable bonds is 7. The largest absolute Gasteiger partial charge is 0.497 e. The monoisotopic (exact) mass is 544 g/mol. The molecular formula is C28H32N8O2S. The van der Waals surface area contributed by atoms with Crippen molar-refractivity contribution in [1.29, 1.82) is 0 Å². The molecule has 4 heterocycles. The van der Waals surface area contributed by atoms with Crippen LogP contribution in [0.4, 0.5) is 5.13 Å². The van der Waals surface area contributed by atoms with Gasteiger partial charge in [0.05, 0.1) is 28.4 Å². The van der Waals surface area contributed by atoms with Crippen LogP contribution >= 0.6 is 11.3 Å². The summed E-state index contributed by atoms with van der Waals surface area (Å²) in [5, 5.41) is 14.9. The van der Waals surface area contributed by atoms with E-state index in [2.05, 4.69) is 63.2 Å². The van der Waals surface area contributed by atoms with Crippen LogP contribution in [0.2, 0.25) is 0 Å². The van der Waals surface area contributed by atoms with Crippen LogP contribution in [0, 0.1) is 0 Å². The number of hydrogen-bond acceptors (Lipinski definition) is 9. The number of nitrogens with zero attached hydrogens (tertiary/aromatic N) is 7. The molecule has 0 amide bonds. The summed E-state index contributed by atoms with van der Waals surface area (Å²) >= 11 is 1.72. The van der Waals surface area contributed by atoms with Gasteiger partial charge in [-0.15, -0.1) is 5.10 Å². The highest BCUT2D eigenvalue weighted by Crippen LogP contribution is 2.34. The summed E-state index contributed by atoms with van der Waals surface area (Å²) in [5.41, 5.74) is 1.92. The Bertz CT molecular complexity index is 1650. The molecule has 1 unspecified atom stereocenters. The minimum absolute atomic E-state index is 0.154. The highest BCUT2D eigenvalue weighted by molar-refractivity contribution is 7.22. The van der Waals surface area contributed by atoms with Crippen molar-refractivity contribution < 1.29 is 4.74 Å². The molecule has 5 aromatic rings. The van der Waals surface area contributed by atoms with Crippen molar-refractivity contribution in [3.8, 4) is 5.75 Å². The molecule has 1 N–H and O–H groups in total. The van der Waals surface area contributed by atoms with Gasteiger partial charge in [-0.3, -0.25) is 9.69 Å². The number of methoxy groups -OCH3 is 1. The minimum atomic E-state index is -0.404. The van der Waals surface area contributed by atoms with Gasteiger partial charge in [-0.05, 0) is 66.4 Å². The SMILES string of the molecule is CCC(C)(C)n1nnnc1C(c1cc2ccc(OC)cc2[nH]c1=O)N1CCN(c2nc3ccccc3s2)CC1. The number of benzene rings is 2. The van der Waals surface area contributed by atoms with E-state index >= 15 is 0 Å². The summed E-state index contributed by atoms with van der Waals surface area (Å²) in [7, 11) is 1.62. The van der Waals surface area contributed by atoms with Crippen LogP contribution in [-0.4, -0.2) is 68.4 Å². The van der Waals surface area contributed by atoms with Crippen LogP contribution in [0.3, 0.4) is 0 Å². The van der Waals surface area contributed by atoms with Crippen molar-refractivity contribution in [2.45, 2.75) is 38.8 Å². The zero-order chi connectivity index (χ0) is 27.1. The van der Waals surface area contributed by atoms with E-state index in [0.717, 1.165) is 54.2 Å². The molecule has 0 saturated carbocycles. The molecule has 1 atom stereocenters. The van der Waals surface area contributed by atoms with Crippen LogP contribution in [0.5, 0.6) is 5.75 Å². The number of H-pyrrole nitrogens is 1. The number of pyridine rings is 1. The molecule has 39 heavy (non-hydrogen) atoms. The fraction of sp³-hybridized carbons (Fsp3) is 0.393. The van der Waals surface area contributed by atoms with Crippen LogP contribution in [0.25, 0.3) is 21.1 Å². The molecule has 1 aliphatic rings. The van der Waals surface area contributed by atoms with E-state index in [1.54, 1.807) is 18.4 Å². The van der Waals surface area contributed by atoms with Gasteiger partial charge in [0.1, 0.15) is 11.8 Å². The van der Waals surface area contributed by atoms with E-state index in [1.807, 2.05) is 41.1 Å². The summed E-state index contributed by atoms with van der Waals surface area (Å²) in [6.45, 7) is 9.40. The van der Waals surface area contributed by atoms with Crippen molar-refractivity contribution in [3.05, 3.63) is 70.3 Å². The molecule has 1 aliphatic heterocycles. The Labute approximate surface area is 230 Å². The predicted octanol–water partition coefficient (Wildman–Crippen LogP) is 4.19. The second kappa shape index (κ2) is 10.0. The zero-order valence-corrected chi connectivity index (χ0v) is 23.4. The Hall–Kier alpha value is -3.83. The predicted molar refractivity (Wildman–Crippen MR) is 154 cm³/mol. The number of nitrogens with one attached hydrogen (secondary N) is 1. The number of para-hydroxylation sites is 1. The van der Waals surface area contributed by atoms with Crippen molar-refractivity contribution in [2.24, 2.45) is 0 Å². The van der Waals surface area contributed by atoms with Gasteiger partial charge in [0, 0.05) is 37.8 Å². The molecular weight excluding hydrogens is 512 g/mol. The van der Waals surface area contributed by atoms with E-state index < -0.39 is 6.04 Å². The molecule has 0 radical (unpaired) electrons. The highest BCUT2D eigenvalue weighted by Gasteiger charge is 2.36. The fourth-order valence-electron chi connectivity index (χ4n) is 5.14. The molecule has 10 nitrogen and oxygen atoms in total. The van der Waals surface area contributed by atoms with E-state index in [4.69, 9.17) is 9.72 Å². The second-order valence-corrected chi connectivity index (χ2v) is 11.5. The average Bonchev–Trinajstić information content (AvgIpc) is 3.62. The van der Waals surface area contributed by atoms with Crippen LogP contribution in [-0.2, 0) is 5.54 Å². The normalized spacial score (nSPS) is 15.7. The Morgan fingerprint density at radius 2 is 1.90 bits per heavy atom. The number of thiazole rings is 1. The molecule has 0 bridgehead atoms. The van der Waals surface area contributed by atoms with E-state index in [9.17, 15) is 4.79 Å². The molecule has 1 fully saturated rings. The third-order valence-electron chi connectivity index (χ3n) is 7.79. The van der Waals surface area contributed by atoms with Gasteiger partial charge >= 0.3 is 0 Å². The van der Waals surface area contributed by atoms with Crippen LogP contribution < -0.4 is 15.2 Å². The maximum Gasteiger partial charge on any atom is 0.253 e. The number of fused-ring (bicyclic) bond motifs is 2. The van der Waals surface area contributed by atoms with Crippen molar-refractivity contribution in [2.75, 3.05) is 38.2 Å². The summed E-state index contributed by atoms with van der Waals surface area (Å²) < 4.78 is 8.43. The lowest BCUT2D eigenvalue weighted by Gasteiger charge is -2.39. The molecule has 0 aliphatic carbocycles. The third-order valence-corrected chi connectivity index (χ3v) is 8.88. The minimum Gasteiger partial charge on any atom is -0.497 e. The molecule has 202 valence electrons. The van der Waals surface area contributed by atoms with Gasteiger partial charge < -0.3 is 14.6 Å². The van der Waals surface area contributed by atoms with Crippen LogP contribution in [0.15, 0.2) is 53.3 Å². The molecule has 11 heteroatoms. The maximum absolute atomic E-state index is 13.6. The van der Waals surface area contributed by atoms with Gasteiger partial charge in [0.2, 0.25) is 0 Å². The molecule has 1 saturated heterocycles. The first-order valence-electron chi connectivity index (χ1n) is 13.2. The Morgan fingerprint density at radius 1 is 1.10 bits per heavy atom. The zero-order valence-electron chi connectivity index (χ0n) is 22.6. The van der Waals surface area contributed by atoms with Crippen LogP contribution in [0.1, 0.15) is 44.6 Å². The van der Waals surface area contributed by atoms with Crippen molar-refractivity contribution >= 4 is 37.6 Å². The van der Waals surface area contributed by atoms with Gasteiger partial charge in [0.25, 0.3) is 5.56 Å². The summed E-state index contributed by atoms with van der Waals surface area (Å²) in [6.07, 6.45) is 0.844. The molecule has 6 rings (SSSR count). The molecule has 3 aromatic heterocycles. The number of aromatic nitrogens is 6. The lowest BCUT2D eigenvalue weighted by atomic mass is 9.99. The lowest BCUT2D eigenvalue weighted by molar-refractivity contribution is 0.186. The standard InChI is InChI=1S/C28H32N8O2S/c1-5-28(2,3)36-25(31-32-33-36)24(20-16-18-10-11-19(38-4)17-22(18)29-26(20)37)34-12-14-35(15-13-34)27-30-21-8-6-7-9-23(21)39-27/h6-11,16-17,24H,5,12-15H2,1-4H3,(H,29,37).